The molecular formula is C23H46O3Sn. The molecule has 0 saturated carbocycles. The second kappa shape index (κ2) is 11.2. The summed E-state index contributed by atoms with van der Waals surface area (Å²) < 4.78 is 23.8. The Morgan fingerprint density at radius 3 is 1.85 bits per heavy atom. The number of methoxy groups -OCH3 is 2. The third kappa shape index (κ3) is 5.24. The minimum atomic E-state index is -2.30. The molecule has 160 valence electrons. The number of fused-ring (bicyclic) bond motifs is 2. The third-order valence-electron chi connectivity index (χ3n) is 7.73. The molecule has 0 unspecified atom stereocenters. The van der Waals surface area contributed by atoms with Gasteiger partial charge < -0.3 is 0 Å². The first-order valence-corrected chi connectivity index (χ1v) is 19.4. The van der Waals surface area contributed by atoms with E-state index >= 15 is 0 Å². The first kappa shape index (κ1) is 24.0. The fourth-order valence-corrected chi connectivity index (χ4v) is 25.9. The van der Waals surface area contributed by atoms with Crippen molar-refractivity contribution >= 4 is 18.4 Å². The molecule has 4 heteroatoms. The third-order valence-corrected chi connectivity index (χ3v) is 25.3. The fraction of sp³-hybridized carbons (Fsp3) is 1.00. The Kier molecular flexibility index (Phi) is 9.91. The normalized spacial score (nSPS) is 33.1. The zero-order valence-corrected chi connectivity index (χ0v) is 21.9. The number of hydrogen-bond donors (Lipinski definition) is 0. The van der Waals surface area contributed by atoms with E-state index in [1.54, 1.807) is 13.3 Å². The van der Waals surface area contributed by atoms with E-state index in [0.29, 0.717) is 17.9 Å². The monoisotopic (exact) mass is 490 g/mol. The van der Waals surface area contributed by atoms with Gasteiger partial charge in [0, 0.05) is 0 Å². The average Bonchev–Trinajstić information content (AvgIpc) is 3.15. The van der Waals surface area contributed by atoms with Crippen LogP contribution >= 0.6 is 0 Å². The van der Waals surface area contributed by atoms with Crippen LogP contribution in [0.4, 0.5) is 0 Å². The Balaban J connectivity index is 2.31. The molecule has 0 radical (unpaired) electrons. The van der Waals surface area contributed by atoms with E-state index in [1.165, 1.54) is 44.9 Å². The summed E-state index contributed by atoms with van der Waals surface area (Å²) in [6.45, 7) is 11.2. The zero-order chi connectivity index (χ0) is 19.9. The molecule has 2 aliphatic heterocycles. The first-order chi connectivity index (χ1) is 13.0. The summed E-state index contributed by atoms with van der Waals surface area (Å²) in [5, 5.41) is 0. The van der Waals surface area contributed by atoms with E-state index in [1.807, 2.05) is 14.2 Å². The van der Waals surface area contributed by atoms with Crippen molar-refractivity contribution in [2.45, 2.75) is 102 Å². The summed E-state index contributed by atoms with van der Waals surface area (Å²) in [6.07, 6.45) is 10.1. The Morgan fingerprint density at radius 2 is 1.41 bits per heavy atom. The van der Waals surface area contributed by atoms with Crippen LogP contribution in [0.3, 0.4) is 0 Å². The average molecular weight is 489 g/mol. The molecule has 0 aromatic carbocycles. The molecule has 0 aliphatic carbocycles. The fourth-order valence-electron chi connectivity index (χ4n) is 6.27. The van der Waals surface area contributed by atoms with Gasteiger partial charge in [-0.25, -0.2) is 0 Å². The van der Waals surface area contributed by atoms with Crippen LogP contribution in [0.15, 0.2) is 0 Å². The molecule has 0 spiro atoms. The van der Waals surface area contributed by atoms with Gasteiger partial charge in [-0.3, -0.25) is 0 Å². The quantitative estimate of drug-likeness (QED) is 0.269. The van der Waals surface area contributed by atoms with Crippen LogP contribution in [0.2, 0.25) is 17.2 Å². The van der Waals surface area contributed by atoms with Crippen LogP contribution in [0, 0.1) is 11.8 Å². The molecule has 3 nitrogen and oxygen atoms in total. The molecule has 2 rings (SSSR count). The molecular weight excluding hydrogens is 443 g/mol. The molecule has 0 aromatic heterocycles. The number of rotatable bonds is 14. The van der Waals surface area contributed by atoms with Gasteiger partial charge in [-0.05, 0) is 0 Å². The molecule has 5 atom stereocenters. The van der Waals surface area contributed by atoms with Crippen molar-refractivity contribution in [3.63, 3.8) is 0 Å². The van der Waals surface area contributed by atoms with Gasteiger partial charge in [-0.1, -0.05) is 0 Å². The van der Waals surface area contributed by atoms with Gasteiger partial charge in [0.1, 0.15) is 0 Å². The molecule has 0 aromatic rings. The number of hydrogen-bond acceptors (Lipinski definition) is 3. The SMILES string of the molecule is CCC[CH2][Sn]([CH2]CCC)([CH2]CCC)[C@H]1C[C@@]2(C)O[C@@H]1[C@H](COC)[C@@H]2COC. The second-order valence-corrected chi connectivity index (χ2v) is 23.7. The molecule has 2 saturated heterocycles. The van der Waals surface area contributed by atoms with Crippen molar-refractivity contribution in [1.82, 2.24) is 0 Å². The first-order valence-electron chi connectivity index (χ1n) is 11.7. The Morgan fingerprint density at radius 1 is 0.889 bits per heavy atom. The van der Waals surface area contributed by atoms with Gasteiger partial charge in [0.25, 0.3) is 0 Å². The van der Waals surface area contributed by atoms with E-state index in [-0.39, 0.29) is 5.60 Å². The van der Waals surface area contributed by atoms with Crippen molar-refractivity contribution < 1.29 is 14.2 Å². The summed E-state index contributed by atoms with van der Waals surface area (Å²) in [6, 6.07) is 0. The van der Waals surface area contributed by atoms with E-state index in [4.69, 9.17) is 14.2 Å². The van der Waals surface area contributed by atoms with Crippen molar-refractivity contribution in [3.05, 3.63) is 0 Å². The molecule has 0 N–H and O–H groups in total. The summed E-state index contributed by atoms with van der Waals surface area (Å²) in [5.41, 5.74) is 0.0152. The maximum atomic E-state index is 6.84. The van der Waals surface area contributed by atoms with Crippen molar-refractivity contribution in [3.8, 4) is 0 Å². The van der Waals surface area contributed by atoms with Gasteiger partial charge >= 0.3 is 173 Å². The zero-order valence-electron chi connectivity index (χ0n) is 19.0. The van der Waals surface area contributed by atoms with E-state index < -0.39 is 18.4 Å². The summed E-state index contributed by atoms with van der Waals surface area (Å²) in [5.74, 6) is 1.02. The van der Waals surface area contributed by atoms with E-state index in [2.05, 4.69) is 27.7 Å². The maximum absolute atomic E-state index is 6.84. The number of unbranched alkanes of at least 4 members (excludes halogenated alkanes) is 3. The Labute approximate surface area is 173 Å². The molecule has 2 fully saturated rings. The van der Waals surface area contributed by atoms with Gasteiger partial charge in [-0.15, -0.1) is 0 Å². The van der Waals surface area contributed by atoms with Gasteiger partial charge in [0.05, 0.1) is 0 Å². The Hall–Kier alpha value is 0.679. The van der Waals surface area contributed by atoms with Crippen molar-refractivity contribution in [2.75, 3.05) is 27.4 Å². The molecule has 2 bridgehead atoms. The molecule has 27 heavy (non-hydrogen) atoms. The summed E-state index contributed by atoms with van der Waals surface area (Å²) in [7, 11) is 3.69. The van der Waals surface area contributed by atoms with Crippen molar-refractivity contribution in [2.24, 2.45) is 11.8 Å². The van der Waals surface area contributed by atoms with Crippen LogP contribution in [-0.2, 0) is 14.2 Å². The molecule has 2 heterocycles. The summed E-state index contributed by atoms with van der Waals surface area (Å²) >= 11 is -2.30. The topological polar surface area (TPSA) is 27.7 Å². The minimum absolute atomic E-state index is 0.0152. The predicted octanol–water partition coefficient (Wildman–Crippen LogP) is 6.29. The Bertz CT molecular complexity index is 408. The predicted molar refractivity (Wildman–Crippen MR) is 117 cm³/mol. The molecule has 2 aliphatic rings. The van der Waals surface area contributed by atoms with Crippen LogP contribution in [0.1, 0.15) is 72.6 Å². The standard InChI is InChI=1S/C11H19O3.3C4H9.Sn/c1-11-5-4-10(14-11)8(6-12-2)9(11)7-13-3;3*1-3-4-2;/h4,8-10H,5-7H2,1-3H3;3*1,3-4H2,2H3;/t8-,9+,10+,11-;;;;/m1..../s1. The van der Waals surface area contributed by atoms with Gasteiger partial charge in [0.15, 0.2) is 0 Å². The van der Waals surface area contributed by atoms with Crippen LogP contribution in [-0.4, -0.2) is 57.5 Å². The van der Waals surface area contributed by atoms with Crippen LogP contribution in [0.25, 0.3) is 0 Å². The van der Waals surface area contributed by atoms with Crippen molar-refractivity contribution in [1.29, 1.82) is 0 Å². The van der Waals surface area contributed by atoms with E-state index in [9.17, 15) is 0 Å². The van der Waals surface area contributed by atoms with Crippen LogP contribution < -0.4 is 0 Å². The van der Waals surface area contributed by atoms with Crippen LogP contribution in [0.5, 0.6) is 0 Å². The van der Waals surface area contributed by atoms with Gasteiger partial charge in [0.2, 0.25) is 0 Å². The van der Waals surface area contributed by atoms with E-state index in [0.717, 1.165) is 17.1 Å². The summed E-state index contributed by atoms with van der Waals surface area (Å²) in [4.78, 5) is 0. The van der Waals surface area contributed by atoms with Gasteiger partial charge in [-0.2, -0.15) is 0 Å². The number of ether oxygens (including phenoxy) is 3. The second-order valence-electron chi connectivity index (χ2n) is 9.56. The molecule has 0 amide bonds.